The smallest absolute Gasteiger partial charge is 0.334 e. The topological polar surface area (TPSA) is 83.7 Å². The molecule has 0 bridgehead atoms. The van der Waals surface area contributed by atoms with Crippen molar-refractivity contribution in [3.63, 3.8) is 0 Å². The molecular formula is C13H17N3O4. The number of carbonyl (C=O) groups is 3. The summed E-state index contributed by atoms with van der Waals surface area (Å²) in [4.78, 5) is 41.4. The summed E-state index contributed by atoms with van der Waals surface area (Å²) in [6.07, 6.45) is 1.56. The summed E-state index contributed by atoms with van der Waals surface area (Å²) in [5.74, 6) is -0.566. The molecule has 1 aliphatic heterocycles. The molecule has 2 rings (SSSR count). The highest BCUT2D eigenvalue weighted by Crippen LogP contribution is 2.20. The summed E-state index contributed by atoms with van der Waals surface area (Å²) in [6.45, 7) is 7.11. The molecule has 1 saturated heterocycles. The SMILES string of the molecule is CC(C)c1cnc(CN2C(=O)C(=O)N(C(C)C)C2=O)o1. The van der Waals surface area contributed by atoms with E-state index in [2.05, 4.69) is 4.98 Å². The van der Waals surface area contributed by atoms with Crippen molar-refractivity contribution in [1.82, 2.24) is 14.8 Å². The van der Waals surface area contributed by atoms with Gasteiger partial charge in [-0.25, -0.2) is 14.7 Å². The monoisotopic (exact) mass is 279 g/mol. The lowest BCUT2D eigenvalue weighted by Gasteiger charge is -2.17. The zero-order valence-corrected chi connectivity index (χ0v) is 11.9. The minimum absolute atomic E-state index is 0.126. The molecule has 0 unspecified atom stereocenters. The van der Waals surface area contributed by atoms with E-state index in [1.165, 1.54) is 0 Å². The number of rotatable bonds is 4. The van der Waals surface area contributed by atoms with Gasteiger partial charge in [0, 0.05) is 12.0 Å². The molecule has 0 radical (unpaired) electrons. The van der Waals surface area contributed by atoms with Gasteiger partial charge in [0.1, 0.15) is 12.3 Å². The van der Waals surface area contributed by atoms with Gasteiger partial charge in [0.25, 0.3) is 0 Å². The number of hydrogen-bond donors (Lipinski definition) is 0. The van der Waals surface area contributed by atoms with E-state index in [1.54, 1.807) is 20.0 Å². The Balaban J connectivity index is 2.18. The molecule has 4 amide bonds. The van der Waals surface area contributed by atoms with Crippen LogP contribution in [0.1, 0.15) is 45.3 Å². The number of imide groups is 2. The normalized spacial score (nSPS) is 16.2. The standard InChI is InChI=1S/C13H17N3O4/c1-7(2)9-5-14-10(20-9)6-15-11(17)12(18)16(8(3)4)13(15)19/h5,7-8H,6H2,1-4H3. The van der Waals surface area contributed by atoms with Crippen LogP contribution < -0.4 is 0 Å². The summed E-state index contributed by atoms with van der Waals surface area (Å²) >= 11 is 0. The van der Waals surface area contributed by atoms with E-state index < -0.39 is 17.8 Å². The van der Waals surface area contributed by atoms with Crippen molar-refractivity contribution in [3.8, 4) is 0 Å². The Kier molecular flexibility index (Phi) is 3.61. The first-order valence-electron chi connectivity index (χ1n) is 6.46. The van der Waals surface area contributed by atoms with E-state index in [1.807, 2.05) is 13.8 Å². The van der Waals surface area contributed by atoms with Crippen LogP contribution in [0.2, 0.25) is 0 Å². The summed E-state index contributed by atoms with van der Waals surface area (Å²) in [5, 5.41) is 0. The van der Waals surface area contributed by atoms with Crippen LogP contribution in [-0.2, 0) is 16.1 Å². The Morgan fingerprint density at radius 1 is 1.15 bits per heavy atom. The van der Waals surface area contributed by atoms with E-state index >= 15 is 0 Å². The molecule has 0 aromatic carbocycles. The number of aromatic nitrogens is 1. The molecule has 0 N–H and O–H groups in total. The second kappa shape index (κ2) is 5.07. The minimum Gasteiger partial charge on any atom is -0.443 e. The van der Waals surface area contributed by atoms with Crippen molar-refractivity contribution in [2.24, 2.45) is 0 Å². The van der Waals surface area contributed by atoms with Crippen LogP contribution in [0.3, 0.4) is 0 Å². The molecule has 1 fully saturated rings. The molecule has 108 valence electrons. The average Bonchev–Trinajstić information content (AvgIpc) is 2.89. The molecule has 0 aliphatic carbocycles. The summed E-state index contributed by atoms with van der Waals surface area (Å²) in [7, 11) is 0. The van der Waals surface area contributed by atoms with E-state index in [0.29, 0.717) is 5.76 Å². The lowest BCUT2D eigenvalue weighted by molar-refractivity contribution is -0.144. The maximum atomic E-state index is 12.1. The van der Waals surface area contributed by atoms with Crippen molar-refractivity contribution >= 4 is 17.8 Å². The Morgan fingerprint density at radius 2 is 1.80 bits per heavy atom. The van der Waals surface area contributed by atoms with Crippen LogP contribution in [0, 0.1) is 0 Å². The van der Waals surface area contributed by atoms with E-state index in [0.717, 1.165) is 9.80 Å². The number of nitrogens with zero attached hydrogens (tertiary/aromatic N) is 3. The summed E-state index contributed by atoms with van der Waals surface area (Å²) in [6, 6.07) is -0.987. The quantitative estimate of drug-likeness (QED) is 0.616. The highest BCUT2D eigenvalue weighted by Gasteiger charge is 2.46. The molecule has 7 nitrogen and oxygen atoms in total. The van der Waals surface area contributed by atoms with Crippen LogP contribution in [0.25, 0.3) is 0 Å². The van der Waals surface area contributed by atoms with Crippen LogP contribution in [0.5, 0.6) is 0 Å². The second-order valence-electron chi connectivity index (χ2n) is 5.25. The second-order valence-corrected chi connectivity index (χ2v) is 5.25. The number of amides is 4. The van der Waals surface area contributed by atoms with Crippen LogP contribution in [-0.4, -0.2) is 38.7 Å². The molecule has 1 aromatic heterocycles. The summed E-state index contributed by atoms with van der Waals surface area (Å²) < 4.78 is 5.45. The highest BCUT2D eigenvalue weighted by molar-refractivity contribution is 6.44. The fraction of sp³-hybridized carbons (Fsp3) is 0.538. The van der Waals surface area contributed by atoms with Gasteiger partial charge in [-0.3, -0.25) is 14.5 Å². The predicted octanol–water partition coefficient (Wildman–Crippen LogP) is 1.50. The van der Waals surface area contributed by atoms with Gasteiger partial charge >= 0.3 is 17.8 Å². The zero-order chi connectivity index (χ0) is 15.0. The lowest BCUT2D eigenvalue weighted by atomic mass is 10.2. The first-order valence-corrected chi connectivity index (χ1v) is 6.46. The first kappa shape index (κ1) is 14.2. The fourth-order valence-electron chi connectivity index (χ4n) is 1.92. The minimum atomic E-state index is -0.840. The number of oxazole rings is 1. The molecule has 0 atom stereocenters. The molecule has 1 aliphatic rings. The molecule has 2 heterocycles. The third-order valence-corrected chi connectivity index (χ3v) is 3.03. The molecule has 0 spiro atoms. The molecule has 1 aromatic rings. The maximum Gasteiger partial charge on any atom is 0.334 e. The van der Waals surface area contributed by atoms with Crippen molar-refractivity contribution < 1.29 is 18.8 Å². The van der Waals surface area contributed by atoms with Crippen molar-refractivity contribution in [3.05, 3.63) is 17.8 Å². The van der Waals surface area contributed by atoms with Gasteiger partial charge in [-0.05, 0) is 13.8 Å². The van der Waals surface area contributed by atoms with Crippen LogP contribution >= 0.6 is 0 Å². The van der Waals surface area contributed by atoms with E-state index in [-0.39, 0.29) is 24.4 Å². The number of hydrogen-bond acceptors (Lipinski definition) is 5. The maximum absolute atomic E-state index is 12.1. The largest absolute Gasteiger partial charge is 0.443 e. The third-order valence-electron chi connectivity index (χ3n) is 3.03. The van der Waals surface area contributed by atoms with Gasteiger partial charge in [-0.15, -0.1) is 0 Å². The van der Waals surface area contributed by atoms with Crippen LogP contribution in [0.4, 0.5) is 4.79 Å². The number of carbonyl (C=O) groups excluding carboxylic acids is 3. The number of urea groups is 1. The predicted molar refractivity (Wildman–Crippen MR) is 68.5 cm³/mol. The highest BCUT2D eigenvalue weighted by atomic mass is 16.4. The average molecular weight is 279 g/mol. The third kappa shape index (κ3) is 2.31. The molecule has 0 saturated carbocycles. The van der Waals surface area contributed by atoms with Gasteiger partial charge < -0.3 is 4.42 Å². The van der Waals surface area contributed by atoms with Crippen molar-refractivity contribution in [2.75, 3.05) is 0 Å². The Hall–Kier alpha value is -2.18. The lowest BCUT2D eigenvalue weighted by Crippen LogP contribution is -2.37. The van der Waals surface area contributed by atoms with Crippen molar-refractivity contribution in [2.45, 2.75) is 46.2 Å². The van der Waals surface area contributed by atoms with Crippen LogP contribution in [0.15, 0.2) is 10.6 Å². The Labute approximate surface area is 116 Å². The molecular weight excluding hydrogens is 262 g/mol. The summed E-state index contributed by atoms with van der Waals surface area (Å²) in [5.41, 5.74) is 0. The van der Waals surface area contributed by atoms with Gasteiger partial charge in [-0.2, -0.15) is 0 Å². The molecule has 7 heteroatoms. The van der Waals surface area contributed by atoms with Gasteiger partial charge in [-0.1, -0.05) is 13.8 Å². The Bertz CT molecular complexity index is 562. The fourth-order valence-corrected chi connectivity index (χ4v) is 1.92. The Morgan fingerprint density at radius 3 is 2.25 bits per heavy atom. The van der Waals surface area contributed by atoms with Gasteiger partial charge in [0.15, 0.2) is 0 Å². The van der Waals surface area contributed by atoms with Gasteiger partial charge in [0.05, 0.1) is 6.20 Å². The zero-order valence-electron chi connectivity index (χ0n) is 11.9. The first-order chi connectivity index (χ1) is 9.32. The van der Waals surface area contributed by atoms with E-state index in [4.69, 9.17) is 4.42 Å². The van der Waals surface area contributed by atoms with Gasteiger partial charge in [0.2, 0.25) is 5.89 Å². The molecule has 20 heavy (non-hydrogen) atoms. The van der Waals surface area contributed by atoms with E-state index in [9.17, 15) is 14.4 Å². The van der Waals surface area contributed by atoms with Crippen molar-refractivity contribution in [1.29, 1.82) is 0 Å².